The lowest BCUT2D eigenvalue weighted by Gasteiger charge is -2.29. The summed E-state index contributed by atoms with van der Waals surface area (Å²) in [4.78, 5) is 17.5. The minimum atomic E-state index is -3.80. The van der Waals surface area contributed by atoms with Crippen molar-refractivity contribution in [2.75, 3.05) is 11.3 Å². The number of carbonyl (C=O) groups is 1. The van der Waals surface area contributed by atoms with Crippen LogP contribution in [0.4, 0.5) is 5.82 Å². The minimum Gasteiger partial charge on any atom is -0.360 e. The monoisotopic (exact) mass is 400 g/mol. The molecule has 2 N–H and O–H groups in total. The number of aryl methyl sites for hydroxylation is 2. The molecule has 146 valence electrons. The van der Waals surface area contributed by atoms with Gasteiger partial charge in [0, 0.05) is 25.4 Å². The molecule has 0 spiro atoms. The van der Waals surface area contributed by atoms with Crippen LogP contribution in [0.3, 0.4) is 0 Å². The van der Waals surface area contributed by atoms with Gasteiger partial charge < -0.3 is 14.4 Å². The van der Waals surface area contributed by atoms with E-state index in [-0.39, 0.29) is 16.6 Å². The van der Waals surface area contributed by atoms with Crippen LogP contribution in [0.2, 0.25) is 0 Å². The third-order valence-electron chi connectivity index (χ3n) is 4.71. The van der Waals surface area contributed by atoms with Gasteiger partial charge in [-0.1, -0.05) is 11.2 Å². The summed E-state index contributed by atoms with van der Waals surface area (Å²) in [5.41, 5.74) is 3.39. The Kier molecular flexibility index (Phi) is 4.46. The van der Waals surface area contributed by atoms with Crippen LogP contribution in [-0.2, 0) is 23.0 Å². The number of hydrogen-bond donors (Lipinski definition) is 2. The summed E-state index contributed by atoms with van der Waals surface area (Å²) in [6.07, 6.45) is 2.46. The Labute approximate surface area is 162 Å². The van der Waals surface area contributed by atoms with E-state index in [2.05, 4.69) is 14.9 Å². The van der Waals surface area contributed by atoms with Crippen molar-refractivity contribution in [3.63, 3.8) is 0 Å². The van der Waals surface area contributed by atoms with Crippen LogP contribution >= 0.6 is 0 Å². The first-order chi connectivity index (χ1) is 13.3. The summed E-state index contributed by atoms with van der Waals surface area (Å²) >= 11 is 0. The SMILES string of the molecule is Cc1c[nH]c(C(=O)N2CCc3ccc(S(=O)(=O)Nc4cc(C)on4)cc3C2)c1. The van der Waals surface area contributed by atoms with Crippen LogP contribution in [0.15, 0.2) is 45.9 Å². The molecule has 0 saturated heterocycles. The standard InChI is InChI=1S/C19H20N4O4S/c1-12-7-17(20-10-12)19(24)23-6-5-14-3-4-16(9-15(14)11-23)28(25,26)22-18-8-13(2)27-21-18/h3-4,7-10,20H,5-6,11H2,1-2H3,(H,21,22). The second-order valence-electron chi connectivity index (χ2n) is 6.93. The van der Waals surface area contributed by atoms with Gasteiger partial charge in [0.05, 0.1) is 4.90 Å². The number of hydrogen-bond acceptors (Lipinski definition) is 5. The number of fused-ring (bicyclic) bond motifs is 1. The first kappa shape index (κ1) is 18.3. The van der Waals surface area contributed by atoms with E-state index in [0.29, 0.717) is 31.0 Å². The van der Waals surface area contributed by atoms with Crippen molar-refractivity contribution in [3.8, 4) is 0 Å². The lowest BCUT2D eigenvalue weighted by Crippen LogP contribution is -2.36. The number of rotatable bonds is 4. The van der Waals surface area contributed by atoms with E-state index in [0.717, 1.165) is 16.7 Å². The number of benzene rings is 1. The fraction of sp³-hybridized carbons (Fsp3) is 0.263. The van der Waals surface area contributed by atoms with Crippen molar-refractivity contribution in [2.24, 2.45) is 0 Å². The summed E-state index contributed by atoms with van der Waals surface area (Å²) in [7, 11) is -3.80. The van der Waals surface area contributed by atoms with Crippen molar-refractivity contribution >= 4 is 21.7 Å². The highest BCUT2D eigenvalue weighted by molar-refractivity contribution is 7.92. The molecule has 0 atom stereocenters. The van der Waals surface area contributed by atoms with Gasteiger partial charge in [0.15, 0.2) is 5.82 Å². The molecule has 9 heteroatoms. The Bertz CT molecular complexity index is 1150. The first-order valence-electron chi connectivity index (χ1n) is 8.84. The van der Waals surface area contributed by atoms with E-state index in [1.165, 1.54) is 6.07 Å². The van der Waals surface area contributed by atoms with Crippen LogP contribution in [0.1, 0.15) is 32.9 Å². The molecule has 1 aromatic carbocycles. The first-order valence-corrected chi connectivity index (χ1v) is 10.3. The number of aromatic nitrogens is 2. The number of nitrogens with zero attached hydrogens (tertiary/aromatic N) is 2. The summed E-state index contributed by atoms with van der Waals surface area (Å²) in [6, 6.07) is 8.31. The molecular weight excluding hydrogens is 380 g/mol. The molecule has 3 heterocycles. The smallest absolute Gasteiger partial charge is 0.270 e. The Morgan fingerprint density at radius 3 is 2.71 bits per heavy atom. The Morgan fingerprint density at radius 2 is 2.04 bits per heavy atom. The maximum Gasteiger partial charge on any atom is 0.270 e. The summed E-state index contributed by atoms with van der Waals surface area (Å²) in [6.45, 7) is 4.55. The van der Waals surface area contributed by atoms with Crippen molar-refractivity contribution in [2.45, 2.75) is 31.7 Å². The lowest BCUT2D eigenvalue weighted by molar-refractivity contribution is 0.0729. The van der Waals surface area contributed by atoms with Gasteiger partial charge in [-0.3, -0.25) is 9.52 Å². The molecule has 1 aliphatic heterocycles. The fourth-order valence-electron chi connectivity index (χ4n) is 3.28. The maximum atomic E-state index is 12.7. The van der Waals surface area contributed by atoms with Gasteiger partial charge in [0.2, 0.25) is 0 Å². The van der Waals surface area contributed by atoms with E-state index in [1.54, 1.807) is 36.2 Å². The Hall–Kier alpha value is -3.07. The lowest BCUT2D eigenvalue weighted by atomic mass is 9.99. The highest BCUT2D eigenvalue weighted by Crippen LogP contribution is 2.25. The summed E-state index contributed by atoms with van der Waals surface area (Å²) in [5, 5.41) is 3.66. The molecule has 0 fully saturated rings. The topological polar surface area (TPSA) is 108 Å². The zero-order valence-electron chi connectivity index (χ0n) is 15.5. The van der Waals surface area contributed by atoms with Gasteiger partial charge in [0.25, 0.3) is 15.9 Å². The van der Waals surface area contributed by atoms with Crippen LogP contribution in [0.5, 0.6) is 0 Å². The van der Waals surface area contributed by atoms with E-state index in [4.69, 9.17) is 4.52 Å². The van der Waals surface area contributed by atoms with Gasteiger partial charge in [-0.2, -0.15) is 0 Å². The van der Waals surface area contributed by atoms with Crippen LogP contribution in [-0.4, -0.2) is 35.9 Å². The molecule has 28 heavy (non-hydrogen) atoms. The average Bonchev–Trinajstić information content (AvgIpc) is 3.28. The zero-order valence-corrected chi connectivity index (χ0v) is 16.3. The van der Waals surface area contributed by atoms with Gasteiger partial charge in [-0.25, -0.2) is 8.42 Å². The van der Waals surface area contributed by atoms with Gasteiger partial charge in [0.1, 0.15) is 11.5 Å². The second-order valence-corrected chi connectivity index (χ2v) is 8.61. The molecule has 0 bridgehead atoms. The van der Waals surface area contributed by atoms with E-state index in [9.17, 15) is 13.2 Å². The Balaban J connectivity index is 1.57. The van der Waals surface area contributed by atoms with Crippen molar-refractivity contribution in [1.82, 2.24) is 15.0 Å². The van der Waals surface area contributed by atoms with Crippen molar-refractivity contribution in [1.29, 1.82) is 0 Å². The Morgan fingerprint density at radius 1 is 1.21 bits per heavy atom. The molecule has 2 aromatic heterocycles. The molecule has 1 amide bonds. The molecule has 0 unspecified atom stereocenters. The molecule has 0 aliphatic carbocycles. The van der Waals surface area contributed by atoms with Crippen molar-refractivity contribution in [3.05, 3.63) is 64.7 Å². The summed E-state index contributed by atoms with van der Waals surface area (Å²) < 4.78 is 32.6. The number of H-pyrrole nitrogens is 1. The highest BCUT2D eigenvalue weighted by atomic mass is 32.2. The molecule has 0 saturated carbocycles. The van der Waals surface area contributed by atoms with Crippen LogP contribution in [0, 0.1) is 13.8 Å². The average molecular weight is 400 g/mol. The molecule has 3 aromatic rings. The number of aromatic amines is 1. The molecular formula is C19H20N4O4S. The second kappa shape index (κ2) is 6.83. The minimum absolute atomic E-state index is 0.0943. The molecule has 0 radical (unpaired) electrons. The maximum absolute atomic E-state index is 12.7. The third kappa shape index (κ3) is 3.53. The number of carbonyl (C=O) groups excluding carboxylic acids is 1. The largest absolute Gasteiger partial charge is 0.360 e. The van der Waals surface area contributed by atoms with Crippen LogP contribution < -0.4 is 4.72 Å². The predicted molar refractivity (Wildman–Crippen MR) is 102 cm³/mol. The number of amides is 1. The van der Waals surface area contributed by atoms with E-state index < -0.39 is 10.0 Å². The normalized spacial score (nSPS) is 14.0. The third-order valence-corrected chi connectivity index (χ3v) is 6.06. The number of sulfonamides is 1. The quantitative estimate of drug-likeness (QED) is 0.700. The van der Waals surface area contributed by atoms with Gasteiger partial charge in [-0.15, -0.1) is 0 Å². The molecule has 8 nitrogen and oxygen atoms in total. The molecule has 4 rings (SSSR count). The van der Waals surface area contributed by atoms with Gasteiger partial charge in [-0.05, 0) is 55.2 Å². The summed E-state index contributed by atoms with van der Waals surface area (Å²) in [5.74, 6) is 0.550. The highest BCUT2D eigenvalue weighted by Gasteiger charge is 2.25. The van der Waals surface area contributed by atoms with E-state index >= 15 is 0 Å². The van der Waals surface area contributed by atoms with E-state index in [1.807, 2.05) is 13.0 Å². The molecule has 1 aliphatic rings. The van der Waals surface area contributed by atoms with Gasteiger partial charge >= 0.3 is 0 Å². The van der Waals surface area contributed by atoms with Crippen molar-refractivity contribution < 1.29 is 17.7 Å². The van der Waals surface area contributed by atoms with Crippen LogP contribution in [0.25, 0.3) is 0 Å². The number of nitrogens with one attached hydrogen (secondary N) is 2. The fourth-order valence-corrected chi connectivity index (χ4v) is 4.32. The zero-order chi connectivity index (χ0) is 19.9. The predicted octanol–water partition coefficient (Wildman–Crippen LogP) is 2.62. The number of anilines is 1.